The molecule has 0 bridgehead atoms. The molecule has 0 aliphatic carbocycles. The smallest absolute Gasteiger partial charge is 0.272 e. The minimum absolute atomic E-state index is 0.253. The van der Waals surface area contributed by atoms with Crippen LogP contribution in [0.15, 0.2) is 67.0 Å². The zero-order chi connectivity index (χ0) is 23.5. The first-order valence-corrected chi connectivity index (χ1v) is 11.7. The van der Waals surface area contributed by atoms with Gasteiger partial charge in [0.1, 0.15) is 0 Å². The van der Waals surface area contributed by atoms with E-state index in [9.17, 15) is 4.79 Å². The fraction of sp³-hybridized carbons (Fsp3) is 0.200. The SMILES string of the molecule is O=C(NCc1ccncc1)c1nnc(N2CCN(c3ccc(Cl)c(Cl)c3)CC2)c2ccccc12. The average molecular weight is 493 g/mol. The second kappa shape index (κ2) is 9.83. The maximum Gasteiger partial charge on any atom is 0.272 e. The number of benzene rings is 2. The molecule has 4 aromatic rings. The van der Waals surface area contributed by atoms with Gasteiger partial charge in [-0.05, 0) is 35.9 Å². The van der Waals surface area contributed by atoms with E-state index in [2.05, 4.69) is 30.3 Å². The van der Waals surface area contributed by atoms with Crippen LogP contribution in [0, 0.1) is 0 Å². The number of anilines is 2. The van der Waals surface area contributed by atoms with Gasteiger partial charge >= 0.3 is 0 Å². The summed E-state index contributed by atoms with van der Waals surface area (Å²) >= 11 is 12.3. The largest absolute Gasteiger partial charge is 0.368 e. The Labute approximate surface area is 207 Å². The summed E-state index contributed by atoms with van der Waals surface area (Å²) in [4.78, 5) is 21.4. The molecule has 0 unspecified atom stereocenters. The van der Waals surface area contributed by atoms with E-state index in [0.717, 1.165) is 54.0 Å². The number of nitrogens with zero attached hydrogens (tertiary/aromatic N) is 5. The molecule has 7 nitrogen and oxygen atoms in total. The van der Waals surface area contributed by atoms with Crippen molar-refractivity contribution in [2.45, 2.75) is 6.54 Å². The van der Waals surface area contributed by atoms with Crippen LogP contribution in [0.1, 0.15) is 16.1 Å². The van der Waals surface area contributed by atoms with Gasteiger partial charge in [-0.15, -0.1) is 10.2 Å². The number of rotatable bonds is 5. The molecule has 1 saturated heterocycles. The Morgan fingerprint density at radius 1 is 0.853 bits per heavy atom. The summed E-state index contributed by atoms with van der Waals surface area (Å²) in [6.45, 7) is 3.55. The number of carbonyl (C=O) groups excluding carboxylic acids is 1. The quantitative estimate of drug-likeness (QED) is 0.439. The van der Waals surface area contributed by atoms with Crippen molar-refractivity contribution in [3.8, 4) is 0 Å². The highest BCUT2D eigenvalue weighted by Crippen LogP contribution is 2.30. The molecule has 0 radical (unpaired) electrons. The van der Waals surface area contributed by atoms with Gasteiger partial charge in [0.2, 0.25) is 0 Å². The molecule has 1 aliphatic heterocycles. The molecule has 2 aromatic carbocycles. The minimum Gasteiger partial charge on any atom is -0.368 e. The summed E-state index contributed by atoms with van der Waals surface area (Å²) in [5.41, 5.74) is 2.34. The monoisotopic (exact) mass is 492 g/mol. The van der Waals surface area contributed by atoms with E-state index < -0.39 is 0 Å². The van der Waals surface area contributed by atoms with Gasteiger partial charge in [-0.1, -0.05) is 47.5 Å². The third-order valence-electron chi connectivity index (χ3n) is 5.93. The molecule has 1 amide bonds. The van der Waals surface area contributed by atoms with Crippen LogP contribution in [0.3, 0.4) is 0 Å². The van der Waals surface area contributed by atoms with Gasteiger partial charge in [0, 0.05) is 61.6 Å². The Balaban J connectivity index is 1.34. The van der Waals surface area contributed by atoms with Gasteiger partial charge in [0.25, 0.3) is 5.91 Å². The average Bonchev–Trinajstić information content (AvgIpc) is 2.89. The minimum atomic E-state index is -0.253. The molecule has 0 spiro atoms. The lowest BCUT2D eigenvalue weighted by Crippen LogP contribution is -2.47. The molecule has 34 heavy (non-hydrogen) atoms. The van der Waals surface area contributed by atoms with E-state index in [-0.39, 0.29) is 5.91 Å². The van der Waals surface area contributed by atoms with Crippen molar-refractivity contribution in [3.63, 3.8) is 0 Å². The van der Waals surface area contributed by atoms with Crippen molar-refractivity contribution >= 4 is 51.4 Å². The number of pyridine rings is 1. The van der Waals surface area contributed by atoms with Crippen LogP contribution in [-0.4, -0.2) is 47.3 Å². The Bertz CT molecular complexity index is 1330. The third-order valence-corrected chi connectivity index (χ3v) is 6.67. The zero-order valence-corrected chi connectivity index (χ0v) is 19.8. The second-order valence-electron chi connectivity index (χ2n) is 8.03. The summed E-state index contributed by atoms with van der Waals surface area (Å²) in [6, 6.07) is 17.2. The van der Waals surface area contributed by atoms with E-state index in [1.165, 1.54) is 0 Å². The van der Waals surface area contributed by atoms with Crippen LogP contribution in [0.5, 0.6) is 0 Å². The maximum absolute atomic E-state index is 12.9. The molecule has 2 aromatic heterocycles. The first kappa shape index (κ1) is 22.4. The predicted molar refractivity (Wildman–Crippen MR) is 136 cm³/mol. The molecule has 0 atom stereocenters. The van der Waals surface area contributed by atoms with Crippen LogP contribution >= 0.6 is 23.2 Å². The van der Waals surface area contributed by atoms with Gasteiger partial charge in [-0.2, -0.15) is 0 Å². The van der Waals surface area contributed by atoms with E-state index in [1.54, 1.807) is 12.4 Å². The number of nitrogens with one attached hydrogen (secondary N) is 1. The summed E-state index contributed by atoms with van der Waals surface area (Å²) in [5, 5.41) is 14.5. The van der Waals surface area contributed by atoms with Gasteiger partial charge < -0.3 is 15.1 Å². The fourth-order valence-corrected chi connectivity index (χ4v) is 4.41. The van der Waals surface area contributed by atoms with E-state index in [4.69, 9.17) is 23.2 Å². The summed E-state index contributed by atoms with van der Waals surface area (Å²) in [7, 11) is 0. The van der Waals surface area contributed by atoms with E-state index in [1.807, 2.05) is 54.6 Å². The summed E-state index contributed by atoms with van der Waals surface area (Å²) in [6.07, 6.45) is 3.40. The molecular weight excluding hydrogens is 471 g/mol. The summed E-state index contributed by atoms with van der Waals surface area (Å²) in [5.74, 6) is 0.534. The normalized spacial score (nSPS) is 13.8. The topological polar surface area (TPSA) is 74.2 Å². The number of hydrogen-bond donors (Lipinski definition) is 1. The number of carbonyl (C=O) groups is 1. The van der Waals surface area contributed by atoms with Gasteiger partial charge in [0.05, 0.1) is 10.0 Å². The van der Waals surface area contributed by atoms with Crippen LogP contribution in [0.25, 0.3) is 10.8 Å². The molecule has 0 saturated carbocycles. The molecule has 1 fully saturated rings. The highest BCUT2D eigenvalue weighted by molar-refractivity contribution is 6.42. The Morgan fingerprint density at radius 3 is 2.29 bits per heavy atom. The van der Waals surface area contributed by atoms with Crippen molar-refractivity contribution in [1.29, 1.82) is 0 Å². The highest BCUT2D eigenvalue weighted by Gasteiger charge is 2.23. The number of fused-ring (bicyclic) bond motifs is 1. The van der Waals surface area contributed by atoms with E-state index in [0.29, 0.717) is 22.3 Å². The standard InChI is InChI=1S/C25H22Cl2N6O/c26-21-6-5-18(15-22(21)27)32-11-13-33(14-12-32)24-20-4-2-1-3-19(20)23(30-31-24)25(34)29-16-17-7-9-28-10-8-17/h1-10,15H,11-14,16H2,(H,29,34). The lowest BCUT2D eigenvalue weighted by molar-refractivity contribution is 0.0947. The number of amides is 1. The first-order chi connectivity index (χ1) is 16.6. The lowest BCUT2D eigenvalue weighted by Gasteiger charge is -2.37. The van der Waals surface area contributed by atoms with Crippen LogP contribution in [0.2, 0.25) is 10.0 Å². The van der Waals surface area contributed by atoms with Crippen LogP contribution in [-0.2, 0) is 6.54 Å². The Morgan fingerprint density at radius 2 is 1.56 bits per heavy atom. The fourth-order valence-electron chi connectivity index (χ4n) is 4.12. The summed E-state index contributed by atoms with van der Waals surface area (Å²) < 4.78 is 0. The molecule has 3 heterocycles. The molecule has 1 N–H and O–H groups in total. The van der Waals surface area contributed by atoms with Crippen molar-refractivity contribution in [3.05, 3.63) is 88.3 Å². The molecular formula is C25H22Cl2N6O. The maximum atomic E-state index is 12.9. The number of hydrogen-bond acceptors (Lipinski definition) is 6. The molecule has 9 heteroatoms. The van der Waals surface area contributed by atoms with Crippen molar-refractivity contribution < 1.29 is 4.79 Å². The van der Waals surface area contributed by atoms with E-state index >= 15 is 0 Å². The highest BCUT2D eigenvalue weighted by atomic mass is 35.5. The number of halogens is 2. The van der Waals surface area contributed by atoms with Crippen LogP contribution in [0.4, 0.5) is 11.5 Å². The predicted octanol–water partition coefficient (Wildman–Crippen LogP) is 4.59. The molecule has 1 aliphatic rings. The molecule has 172 valence electrons. The number of piperazine rings is 1. The Hall–Kier alpha value is -3.42. The van der Waals surface area contributed by atoms with Crippen LogP contribution < -0.4 is 15.1 Å². The lowest BCUT2D eigenvalue weighted by atomic mass is 10.1. The van der Waals surface area contributed by atoms with Gasteiger partial charge in [-0.3, -0.25) is 9.78 Å². The second-order valence-corrected chi connectivity index (χ2v) is 8.84. The van der Waals surface area contributed by atoms with Crippen molar-refractivity contribution in [2.75, 3.05) is 36.0 Å². The Kier molecular flexibility index (Phi) is 6.47. The zero-order valence-electron chi connectivity index (χ0n) is 18.3. The molecule has 5 rings (SSSR count). The first-order valence-electron chi connectivity index (χ1n) is 11.0. The van der Waals surface area contributed by atoms with Crippen molar-refractivity contribution in [2.24, 2.45) is 0 Å². The third kappa shape index (κ3) is 4.62. The van der Waals surface area contributed by atoms with Gasteiger partial charge in [0.15, 0.2) is 11.5 Å². The number of aromatic nitrogens is 3. The van der Waals surface area contributed by atoms with Gasteiger partial charge in [-0.25, -0.2) is 0 Å². The van der Waals surface area contributed by atoms with Crippen molar-refractivity contribution in [1.82, 2.24) is 20.5 Å².